The molecule has 5 nitrogen and oxygen atoms in total. The Kier molecular flexibility index (Phi) is 5.72. The van der Waals surface area contributed by atoms with E-state index in [9.17, 15) is 4.79 Å². The van der Waals surface area contributed by atoms with Gasteiger partial charge in [0.15, 0.2) is 11.7 Å². The summed E-state index contributed by atoms with van der Waals surface area (Å²) in [6.45, 7) is 2.43. The molecule has 0 aliphatic heterocycles. The SMILES string of the molecule is CCOc1ccc(N(C(=O)COc2ccccc2)c2nc3ccccc3s2)cc1. The third-order valence-electron chi connectivity index (χ3n) is 4.23. The first-order valence-corrected chi connectivity index (χ1v) is 10.2. The quantitative estimate of drug-likeness (QED) is 0.412. The van der Waals surface area contributed by atoms with Crippen molar-refractivity contribution in [2.24, 2.45) is 0 Å². The van der Waals surface area contributed by atoms with Gasteiger partial charge in [-0.05, 0) is 55.5 Å². The van der Waals surface area contributed by atoms with Gasteiger partial charge in [-0.3, -0.25) is 9.69 Å². The Bertz CT molecular complexity index is 1060. The minimum absolute atomic E-state index is 0.0901. The minimum atomic E-state index is -0.197. The number of anilines is 2. The maximum atomic E-state index is 13.1. The van der Waals surface area contributed by atoms with Crippen molar-refractivity contribution in [3.63, 3.8) is 0 Å². The van der Waals surface area contributed by atoms with E-state index in [0.29, 0.717) is 23.2 Å². The van der Waals surface area contributed by atoms with Gasteiger partial charge in [-0.1, -0.05) is 41.7 Å². The Hall–Kier alpha value is -3.38. The van der Waals surface area contributed by atoms with Crippen LogP contribution in [0.5, 0.6) is 11.5 Å². The Labute approximate surface area is 173 Å². The summed E-state index contributed by atoms with van der Waals surface area (Å²) in [5.41, 5.74) is 1.58. The van der Waals surface area contributed by atoms with Crippen LogP contribution in [0.15, 0.2) is 78.9 Å². The van der Waals surface area contributed by atoms with Crippen molar-refractivity contribution >= 4 is 38.3 Å². The zero-order valence-corrected chi connectivity index (χ0v) is 16.8. The molecule has 0 atom stereocenters. The first-order chi connectivity index (χ1) is 14.2. The van der Waals surface area contributed by atoms with Gasteiger partial charge in [0.25, 0.3) is 5.91 Å². The Morgan fingerprint density at radius 1 is 0.897 bits per heavy atom. The molecule has 0 N–H and O–H groups in total. The van der Waals surface area contributed by atoms with Crippen LogP contribution in [-0.4, -0.2) is 24.1 Å². The summed E-state index contributed by atoms with van der Waals surface area (Å²) in [7, 11) is 0. The van der Waals surface area contributed by atoms with E-state index in [4.69, 9.17) is 9.47 Å². The topological polar surface area (TPSA) is 51.7 Å². The van der Waals surface area contributed by atoms with Crippen molar-refractivity contribution in [2.45, 2.75) is 6.92 Å². The van der Waals surface area contributed by atoms with Gasteiger partial charge in [-0.15, -0.1) is 0 Å². The van der Waals surface area contributed by atoms with Crippen molar-refractivity contribution in [1.82, 2.24) is 4.98 Å². The van der Waals surface area contributed by atoms with E-state index in [0.717, 1.165) is 16.0 Å². The van der Waals surface area contributed by atoms with Crippen LogP contribution in [0.3, 0.4) is 0 Å². The normalized spacial score (nSPS) is 10.7. The Balaban J connectivity index is 1.65. The van der Waals surface area contributed by atoms with Crippen LogP contribution in [0.1, 0.15) is 6.92 Å². The van der Waals surface area contributed by atoms with Gasteiger partial charge >= 0.3 is 0 Å². The van der Waals surface area contributed by atoms with Crippen molar-refractivity contribution in [2.75, 3.05) is 18.1 Å². The zero-order chi connectivity index (χ0) is 20.1. The number of benzene rings is 3. The van der Waals surface area contributed by atoms with E-state index in [2.05, 4.69) is 4.98 Å². The van der Waals surface area contributed by atoms with Gasteiger partial charge in [-0.2, -0.15) is 0 Å². The first kappa shape index (κ1) is 19.0. The molecule has 0 fully saturated rings. The molecule has 0 aliphatic rings. The maximum Gasteiger partial charge on any atom is 0.271 e. The Morgan fingerprint density at radius 2 is 1.59 bits per heavy atom. The molecule has 1 heterocycles. The van der Waals surface area contributed by atoms with Gasteiger partial charge in [0.05, 0.1) is 22.5 Å². The second-order valence-electron chi connectivity index (χ2n) is 6.22. The van der Waals surface area contributed by atoms with Gasteiger partial charge in [0.2, 0.25) is 0 Å². The summed E-state index contributed by atoms with van der Waals surface area (Å²) in [5, 5.41) is 0.608. The summed E-state index contributed by atoms with van der Waals surface area (Å²) in [6.07, 6.45) is 0. The summed E-state index contributed by atoms with van der Waals surface area (Å²) in [5.74, 6) is 1.21. The smallest absolute Gasteiger partial charge is 0.271 e. The second-order valence-corrected chi connectivity index (χ2v) is 7.23. The van der Waals surface area contributed by atoms with Crippen LogP contribution in [-0.2, 0) is 4.79 Å². The molecular formula is C23H20N2O3S. The van der Waals surface area contributed by atoms with E-state index in [-0.39, 0.29) is 12.5 Å². The summed E-state index contributed by atoms with van der Waals surface area (Å²) in [6, 6.07) is 24.6. The van der Waals surface area contributed by atoms with Gasteiger partial charge in [-0.25, -0.2) is 4.98 Å². The number of rotatable bonds is 7. The third kappa shape index (κ3) is 4.38. The number of carbonyl (C=O) groups is 1. The largest absolute Gasteiger partial charge is 0.494 e. The van der Waals surface area contributed by atoms with Gasteiger partial charge < -0.3 is 9.47 Å². The standard InChI is InChI=1S/C23H20N2O3S/c1-2-27-19-14-12-17(13-15-19)25(22(26)16-28-18-8-4-3-5-9-18)23-24-20-10-6-7-11-21(20)29-23/h3-15H,2,16H2,1H3. The van der Waals surface area contributed by atoms with Crippen LogP contribution in [0.25, 0.3) is 10.2 Å². The number of para-hydroxylation sites is 2. The van der Waals surface area contributed by atoms with E-state index in [1.165, 1.54) is 11.3 Å². The fourth-order valence-electron chi connectivity index (χ4n) is 2.90. The van der Waals surface area contributed by atoms with Crippen LogP contribution < -0.4 is 14.4 Å². The lowest BCUT2D eigenvalue weighted by Gasteiger charge is -2.20. The third-order valence-corrected chi connectivity index (χ3v) is 5.26. The fraction of sp³-hybridized carbons (Fsp3) is 0.130. The molecule has 0 saturated heterocycles. The lowest BCUT2D eigenvalue weighted by atomic mass is 10.2. The molecule has 0 aliphatic carbocycles. The van der Waals surface area contributed by atoms with E-state index >= 15 is 0 Å². The number of ether oxygens (including phenoxy) is 2. The monoisotopic (exact) mass is 404 g/mol. The minimum Gasteiger partial charge on any atom is -0.494 e. The average Bonchev–Trinajstić information content (AvgIpc) is 3.18. The number of nitrogens with zero attached hydrogens (tertiary/aromatic N) is 2. The molecule has 1 aromatic heterocycles. The van der Waals surface area contributed by atoms with Crippen LogP contribution in [0.4, 0.5) is 10.8 Å². The lowest BCUT2D eigenvalue weighted by Crippen LogP contribution is -2.30. The average molecular weight is 404 g/mol. The van der Waals surface area contributed by atoms with E-state index in [1.807, 2.05) is 85.8 Å². The van der Waals surface area contributed by atoms with Crippen LogP contribution in [0, 0.1) is 0 Å². The lowest BCUT2D eigenvalue weighted by molar-refractivity contribution is -0.119. The molecule has 0 unspecified atom stereocenters. The number of hydrogen-bond acceptors (Lipinski definition) is 5. The summed E-state index contributed by atoms with van der Waals surface area (Å²) in [4.78, 5) is 19.4. The zero-order valence-electron chi connectivity index (χ0n) is 15.9. The molecule has 1 amide bonds. The molecule has 4 rings (SSSR count). The molecule has 4 aromatic rings. The van der Waals surface area contributed by atoms with E-state index < -0.39 is 0 Å². The molecule has 146 valence electrons. The highest BCUT2D eigenvalue weighted by Crippen LogP contribution is 2.34. The molecule has 3 aromatic carbocycles. The number of fused-ring (bicyclic) bond motifs is 1. The second kappa shape index (κ2) is 8.75. The number of carbonyl (C=O) groups excluding carboxylic acids is 1. The summed E-state index contributed by atoms with van der Waals surface area (Å²) < 4.78 is 12.2. The van der Waals surface area contributed by atoms with Crippen molar-refractivity contribution in [3.8, 4) is 11.5 Å². The Morgan fingerprint density at radius 3 is 2.31 bits per heavy atom. The van der Waals surface area contributed by atoms with Crippen molar-refractivity contribution in [1.29, 1.82) is 0 Å². The first-order valence-electron chi connectivity index (χ1n) is 9.34. The molecular weight excluding hydrogens is 384 g/mol. The predicted octanol–water partition coefficient (Wildman–Crippen LogP) is 5.44. The van der Waals surface area contributed by atoms with Crippen molar-refractivity contribution in [3.05, 3.63) is 78.9 Å². The van der Waals surface area contributed by atoms with Crippen molar-refractivity contribution < 1.29 is 14.3 Å². The molecule has 6 heteroatoms. The molecule has 0 bridgehead atoms. The molecule has 0 spiro atoms. The molecule has 0 saturated carbocycles. The van der Waals surface area contributed by atoms with Gasteiger partial charge in [0.1, 0.15) is 11.5 Å². The molecule has 0 radical (unpaired) electrons. The fourth-order valence-corrected chi connectivity index (χ4v) is 3.91. The van der Waals surface area contributed by atoms with Gasteiger partial charge in [0, 0.05) is 0 Å². The summed E-state index contributed by atoms with van der Waals surface area (Å²) >= 11 is 1.47. The number of thiazole rings is 1. The highest BCUT2D eigenvalue weighted by Gasteiger charge is 2.22. The van der Waals surface area contributed by atoms with Crippen LogP contribution >= 0.6 is 11.3 Å². The highest BCUT2D eigenvalue weighted by molar-refractivity contribution is 7.22. The maximum absolute atomic E-state index is 13.1. The number of amides is 1. The number of hydrogen-bond donors (Lipinski definition) is 0. The predicted molar refractivity (Wildman–Crippen MR) is 116 cm³/mol. The van der Waals surface area contributed by atoms with E-state index in [1.54, 1.807) is 4.90 Å². The highest BCUT2D eigenvalue weighted by atomic mass is 32.1. The van der Waals surface area contributed by atoms with Crippen LogP contribution in [0.2, 0.25) is 0 Å². The molecule has 29 heavy (non-hydrogen) atoms. The number of aromatic nitrogens is 1.